The molecule has 1 aliphatic heterocycles. The number of rotatable bonds is 6. The molecule has 1 N–H and O–H groups in total. The van der Waals surface area contributed by atoms with E-state index in [1.165, 1.54) is 38.5 Å². The molecule has 2 fully saturated rings. The van der Waals surface area contributed by atoms with Crippen LogP contribution in [0.15, 0.2) is 12.7 Å². The SMILES string of the molecule is C[C@H](Cn1cncn1)NCC1(N2CCOCC2)CCCCCC1. The van der Waals surface area contributed by atoms with Gasteiger partial charge in [-0.3, -0.25) is 9.58 Å². The Balaban J connectivity index is 1.60. The fourth-order valence-corrected chi connectivity index (χ4v) is 4.07. The molecule has 2 heterocycles. The van der Waals surface area contributed by atoms with Gasteiger partial charge in [-0.05, 0) is 19.8 Å². The quantitative estimate of drug-likeness (QED) is 0.808. The Labute approximate surface area is 139 Å². The molecule has 3 rings (SSSR count). The smallest absolute Gasteiger partial charge is 0.137 e. The summed E-state index contributed by atoms with van der Waals surface area (Å²) >= 11 is 0. The lowest BCUT2D eigenvalue weighted by atomic mass is 9.87. The number of aromatic nitrogens is 3. The summed E-state index contributed by atoms with van der Waals surface area (Å²) in [5.74, 6) is 0. The van der Waals surface area contributed by atoms with Crippen LogP contribution < -0.4 is 5.32 Å². The third-order valence-electron chi connectivity index (χ3n) is 5.42. The van der Waals surface area contributed by atoms with Crippen LogP contribution in [0.2, 0.25) is 0 Å². The van der Waals surface area contributed by atoms with E-state index in [2.05, 4.69) is 27.2 Å². The van der Waals surface area contributed by atoms with Crippen molar-refractivity contribution in [2.24, 2.45) is 0 Å². The van der Waals surface area contributed by atoms with Gasteiger partial charge in [0.05, 0.1) is 19.8 Å². The highest BCUT2D eigenvalue weighted by Crippen LogP contribution is 2.33. The van der Waals surface area contributed by atoms with Crippen LogP contribution in [0.4, 0.5) is 0 Å². The van der Waals surface area contributed by atoms with Crippen LogP contribution in [-0.4, -0.2) is 64.1 Å². The molecule has 0 amide bonds. The van der Waals surface area contributed by atoms with Gasteiger partial charge in [0.15, 0.2) is 0 Å². The third-order valence-corrected chi connectivity index (χ3v) is 5.42. The zero-order valence-electron chi connectivity index (χ0n) is 14.4. The predicted octanol–water partition coefficient (Wildman–Crippen LogP) is 1.68. The Morgan fingerprint density at radius 1 is 1.17 bits per heavy atom. The molecule has 1 aromatic heterocycles. The second-order valence-electron chi connectivity index (χ2n) is 7.14. The van der Waals surface area contributed by atoms with Crippen LogP contribution in [0.5, 0.6) is 0 Å². The average Bonchev–Trinajstić information content (AvgIpc) is 2.97. The first-order chi connectivity index (χ1) is 11.3. The first-order valence-corrected chi connectivity index (χ1v) is 9.17. The topological polar surface area (TPSA) is 55.2 Å². The number of morpholine rings is 1. The molecule has 0 spiro atoms. The van der Waals surface area contributed by atoms with Gasteiger partial charge in [-0.15, -0.1) is 0 Å². The third kappa shape index (κ3) is 4.52. The molecule has 1 aliphatic carbocycles. The normalized spacial score (nSPS) is 24.2. The van der Waals surface area contributed by atoms with Crippen LogP contribution in [-0.2, 0) is 11.3 Å². The molecule has 0 aromatic carbocycles. The van der Waals surface area contributed by atoms with Gasteiger partial charge in [0.25, 0.3) is 0 Å². The summed E-state index contributed by atoms with van der Waals surface area (Å²) in [6.45, 7) is 8.12. The van der Waals surface area contributed by atoms with Crippen molar-refractivity contribution in [2.75, 3.05) is 32.8 Å². The van der Waals surface area contributed by atoms with Gasteiger partial charge in [0.1, 0.15) is 12.7 Å². The number of hydrogen-bond acceptors (Lipinski definition) is 5. The zero-order valence-corrected chi connectivity index (χ0v) is 14.4. The minimum atomic E-state index is 0.316. The van der Waals surface area contributed by atoms with Crippen molar-refractivity contribution in [3.05, 3.63) is 12.7 Å². The highest BCUT2D eigenvalue weighted by molar-refractivity contribution is 4.95. The summed E-state index contributed by atoms with van der Waals surface area (Å²) in [6.07, 6.45) is 11.5. The van der Waals surface area contributed by atoms with E-state index in [0.29, 0.717) is 11.6 Å². The van der Waals surface area contributed by atoms with Gasteiger partial charge < -0.3 is 10.1 Å². The molecule has 0 unspecified atom stereocenters. The van der Waals surface area contributed by atoms with Crippen LogP contribution in [0.3, 0.4) is 0 Å². The molecule has 6 nitrogen and oxygen atoms in total. The summed E-state index contributed by atoms with van der Waals surface area (Å²) in [7, 11) is 0. The second kappa shape index (κ2) is 8.22. The standard InChI is InChI=1S/C17H31N5O/c1-16(12-22-15-18-14-20-22)19-13-17(6-4-2-3-5-7-17)21-8-10-23-11-9-21/h14-16,19H,2-13H2,1H3/t16-/m1/s1. The van der Waals surface area contributed by atoms with E-state index in [1.54, 1.807) is 12.7 Å². The molecule has 0 radical (unpaired) electrons. The van der Waals surface area contributed by atoms with Crippen molar-refractivity contribution >= 4 is 0 Å². The zero-order chi connectivity index (χ0) is 16.0. The highest BCUT2D eigenvalue weighted by Gasteiger charge is 2.37. The van der Waals surface area contributed by atoms with Crippen molar-refractivity contribution in [3.63, 3.8) is 0 Å². The Morgan fingerprint density at radius 3 is 2.57 bits per heavy atom. The molecule has 0 bridgehead atoms. The predicted molar refractivity (Wildman–Crippen MR) is 90.3 cm³/mol. The monoisotopic (exact) mass is 321 g/mol. The Morgan fingerprint density at radius 2 is 1.91 bits per heavy atom. The van der Waals surface area contributed by atoms with Gasteiger partial charge in [0.2, 0.25) is 0 Å². The number of hydrogen-bond donors (Lipinski definition) is 1. The van der Waals surface area contributed by atoms with Crippen molar-refractivity contribution in [1.29, 1.82) is 0 Å². The summed E-state index contributed by atoms with van der Waals surface area (Å²) in [6, 6.07) is 0.401. The lowest BCUT2D eigenvalue weighted by molar-refractivity contribution is -0.0296. The van der Waals surface area contributed by atoms with Crippen LogP contribution in [0.1, 0.15) is 45.4 Å². The Bertz CT molecular complexity index is 436. The maximum absolute atomic E-state index is 5.58. The van der Waals surface area contributed by atoms with Gasteiger partial charge in [-0.25, -0.2) is 4.98 Å². The van der Waals surface area contributed by atoms with Crippen LogP contribution in [0, 0.1) is 0 Å². The van der Waals surface area contributed by atoms with Crippen molar-refractivity contribution in [2.45, 2.75) is 63.6 Å². The van der Waals surface area contributed by atoms with E-state index in [1.807, 2.05) is 4.68 Å². The van der Waals surface area contributed by atoms with E-state index in [4.69, 9.17) is 4.74 Å². The molecule has 130 valence electrons. The maximum atomic E-state index is 5.58. The minimum absolute atomic E-state index is 0.316. The van der Waals surface area contributed by atoms with E-state index < -0.39 is 0 Å². The average molecular weight is 321 g/mol. The molecule has 1 saturated heterocycles. The number of ether oxygens (including phenoxy) is 1. The van der Waals surface area contributed by atoms with Crippen molar-refractivity contribution in [1.82, 2.24) is 25.0 Å². The van der Waals surface area contributed by atoms with Gasteiger partial charge in [-0.2, -0.15) is 5.10 Å². The molecule has 1 aromatic rings. The lowest BCUT2D eigenvalue weighted by Gasteiger charge is -2.46. The number of nitrogens with zero attached hydrogens (tertiary/aromatic N) is 4. The summed E-state index contributed by atoms with van der Waals surface area (Å²) in [5.41, 5.74) is 0.316. The fourth-order valence-electron chi connectivity index (χ4n) is 4.07. The van der Waals surface area contributed by atoms with Gasteiger partial charge in [0, 0.05) is 31.2 Å². The molecule has 23 heavy (non-hydrogen) atoms. The maximum Gasteiger partial charge on any atom is 0.137 e. The fraction of sp³-hybridized carbons (Fsp3) is 0.882. The lowest BCUT2D eigenvalue weighted by Crippen LogP contribution is -2.59. The Kier molecular flexibility index (Phi) is 6.02. The van der Waals surface area contributed by atoms with E-state index in [0.717, 1.165) is 39.4 Å². The first-order valence-electron chi connectivity index (χ1n) is 9.17. The van der Waals surface area contributed by atoms with E-state index in [9.17, 15) is 0 Å². The van der Waals surface area contributed by atoms with Gasteiger partial charge in [-0.1, -0.05) is 25.7 Å². The second-order valence-corrected chi connectivity index (χ2v) is 7.14. The van der Waals surface area contributed by atoms with Crippen molar-refractivity contribution < 1.29 is 4.74 Å². The summed E-state index contributed by atoms with van der Waals surface area (Å²) in [4.78, 5) is 6.73. The highest BCUT2D eigenvalue weighted by atomic mass is 16.5. The van der Waals surface area contributed by atoms with E-state index in [-0.39, 0.29) is 0 Å². The number of nitrogens with one attached hydrogen (secondary N) is 1. The molecule has 1 atom stereocenters. The Hall–Kier alpha value is -0.980. The van der Waals surface area contributed by atoms with Gasteiger partial charge >= 0.3 is 0 Å². The molecule has 1 saturated carbocycles. The molecule has 6 heteroatoms. The molecular weight excluding hydrogens is 290 g/mol. The van der Waals surface area contributed by atoms with Crippen LogP contribution >= 0.6 is 0 Å². The van der Waals surface area contributed by atoms with Crippen molar-refractivity contribution in [3.8, 4) is 0 Å². The van der Waals surface area contributed by atoms with E-state index >= 15 is 0 Å². The molecular formula is C17H31N5O. The molecule has 2 aliphatic rings. The minimum Gasteiger partial charge on any atom is -0.379 e. The summed E-state index contributed by atoms with van der Waals surface area (Å²) < 4.78 is 7.49. The largest absolute Gasteiger partial charge is 0.379 e. The van der Waals surface area contributed by atoms with Crippen LogP contribution in [0.25, 0.3) is 0 Å². The first kappa shape index (κ1) is 16.9. The summed E-state index contributed by atoms with van der Waals surface area (Å²) in [5, 5.41) is 8.00.